The number of likely N-dealkylation sites (tertiary alicyclic amines) is 1. The molecule has 1 saturated heterocycles. The molecular weight excluding hydrogens is 500 g/mol. The van der Waals surface area contributed by atoms with Crippen molar-refractivity contribution < 1.29 is 14.3 Å². The van der Waals surface area contributed by atoms with E-state index in [1.807, 2.05) is 57.7 Å². The Kier molecular flexibility index (Phi) is 8.08. The number of fused-ring (bicyclic) bond motifs is 1. The summed E-state index contributed by atoms with van der Waals surface area (Å²) in [4.78, 5) is 28.4. The van der Waals surface area contributed by atoms with Crippen LogP contribution in [0.25, 0.3) is 22.0 Å². The van der Waals surface area contributed by atoms with Crippen molar-refractivity contribution in [1.82, 2.24) is 9.47 Å². The van der Waals surface area contributed by atoms with Gasteiger partial charge < -0.3 is 14.4 Å². The fourth-order valence-electron chi connectivity index (χ4n) is 5.15. The Hall–Kier alpha value is -3.43. The van der Waals surface area contributed by atoms with Gasteiger partial charge in [-0.1, -0.05) is 47.4 Å². The smallest absolute Gasteiger partial charge is 0.410 e. The SMILES string of the molecule is C#Cn1c(=O)c(-c2cc(C)cc(C)c2)c(OCCC2CCCCN2C(=O)OC(C)(C)C)c2ccc(Cl)cc21. The van der Waals surface area contributed by atoms with Gasteiger partial charge in [0.25, 0.3) is 5.56 Å². The van der Waals surface area contributed by atoms with Gasteiger partial charge in [-0.05, 0) is 77.6 Å². The largest absolute Gasteiger partial charge is 0.492 e. The molecule has 1 aliphatic heterocycles. The average molecular weight is 535 g/mol. The fraction of sp³-hybridized carbons (Fsp3) is 0.419. The van der Waals surface area contributed by atoms with Crippen molar-refractivity contribution in [2.75, 3.05) is 13.2 Å². The number of pyridine rings is 1. The lowest BCUT2D eigenvalue weighted by atomic mass is 9.98. The Bertz CT molecular complexity index is 1440. The summed E-state index contributed by atoms with van der Waals surface area (Å²) >= 11 is 6.27. The van der Waals surface area contributed by atoms with Gasteiger partial charge in [-0.2, -0.15) is 0 Å². The number of benzene rings is 2. The van der Waals surface area contributed by atoms with Gasteiger partial charge >= 0.3 is 6.09 Å². The summed E-state index contributed by atoms with van der Waals surface area (Å²) in [6, 6.07) is 13.8. The molecule has 0 saturated carbocycles. The Morgan fingerprint density at radius 3 is 2.50 bits per heavy atom. The van der Waals surface area contributed by atoms with E-state index in [1.165, 1.54) is 4.57 Å². The van der Waals surface area contributed by atoms with Crippen molar-refractivity contribution >= 4 is 28.6 Å². The third kappa shape index (κ3) is 6.00. The Morgan fingerprint density at radius 1 is 1.13 bits per heavy atom. The predicted octanol–water partition coefficient (Wildman–Crippen LogP) is 6.94. The van der Waals surface area contributed by atoms with E-state index in [0.29, 0.717) is 46.8 Å². The average Bonchev–Trinajstić information content (AvgIpc) is 2.82. The number of aromatic nitrogens is 1. The standard InChI is InChI=1S/C31H35ClN2O4/c1-7-33-26-19-23(32)11-12-25(26)28(27(29(33)35)22-17-20(2)16-21(3)18-22)37-15-13-24-10-8-9-14-34(24)30(36)38-31(4,5)6/h1,11-12,16-19,24H,8-10,13-15H2,2-6H3. The van der Waals surface area contributed by atoms with Crippen molar-refractivity contribution in [3.63, 3.8) is 0 Å². The van der Waals surface area contributed by atoms with Crippen LogP contribution in [0.4, 0.5) is 4.79 Å². The molecule has 0 N–H and O–H groups in total. The van der Waals surface area contributed by atoms with Crippen LogP contribution in [0.1, 0.15) is 57.6 Å². The monoisotopic (exact) mass is 534 g/mol. The minimum absolute atomic E-state index is 0.00458. The number of amides is 1. The molecule has 1 aliphatic rings. The number of halogens is 1. The molecule has 2 heterocycles. The van der Waals surface area contributed by atoms with Crippen LogP contribution in [0.15, 0.2) is 41.2 Å². The number of carbonyl (C=O) groups excluding carboxylic acids is 1. The van der Waals surface area contributed by atoms with E-state index in [0.717, 1.165) is 36.0 Å². The number of ether oxygens (including phenoxy) is 2. The van der Waals surface area contributed by atoms with E-state index in [4.69, 9.17) is 27.5 Å². The summed E-state index contributed by atoms with van der Waals surface area (Å²) in [5.74, 6) is 0.470. The summed E-state index contributed by atoms with van der Waals surface area (Å²) in [5, 5.41) is 1.18. The van der Waals surface area contributed by atoms with Crippen molar-refractivity contribution in [3.8, 4) is 29.3 Å². The van der Waals surface area contributed by atoms with Gasteiger partial charge in [-0.25, -0.2) is 9.36 Å². The highest BCUT2D eigenvalue weighted by Crippen LogP contribution is 2.36. The number of piperidine rings is 1. The fourth-order valence-corrected chi connectivity index (χ4v) is 5.31. The first-order valence-electron chi connectivity index (χ1n) is 13.0. The molecule has 1 fully saturated rings. The summed E-state index contributed by atoms with van der Waals surface area (Å²) in [6.45, 7) is 10.6. The lowest BCUT2D eigenvalue weighted by Crippen LogP contribution is -2.46. The quantitative estimate of drug-likeness (QED) is 0.333. The number of terminal acetylenes is 1. The number of carbonyl (C=O) groups is 1. The van der Waals surface area contributed by atoms with Crippen molar-refractivity contribution in [1.29, 1.82) is 0 Å². The maximum Gasteiger partial charge on any atom is 0.410 e. The Labute approximate surface area is 229 Å². The van der Waals surface area contributed by atoms with Crippen LogP contribution < -0.4 is 10.3 Å². The van der Waals surface area contributed by atoms with E-state index in [9.17, 15) is 9.59 Å². The molecule has 200 valence electrons. The van der Waals surface area contributed by atoms with E-state index in [2.05, 4.69) is 12.1 Å². The molecule has 3 aromatic rings. The second-order valence-corrected chi connectivity index (χ2v) is 11.4. The summed E-state index contributed by atoms with van der Waals surface area (Å²) < 4.78 is 13.4. The zero-order chi connectivity index (χ0) is 27.6. The predicted molar refractivity (Wildman–Crippen MR) is 153 cm³/mol. The van der Waals surface area contributed by atoms with Gasteiger partial charge in [-0.3, -0.25) is 4.79 Å². The maximum absolute atomic E-state index is 13.7. The normalized spacial score (nSPS) is 15.8. The minimum Gasteiger partial charge on any atom is -0.492 e. The van der Waals surface area contributed by atoms with Gasteiger partial charge in [0.2, 0.25) is 0 Å². The molecule has 6 nitrogen and oxygen atoms in total. The highest BCUT2D eigenvalue weighted by molar-refractivity contribution is 6.31. The Balaban J connectivity index is 1.72. The molecule has 0 radical (unpaired) electrons. The van der Waals surface area contributed by atoms with E-state index >= 15 is 0 Å². The second kappa shape index (κ2) is 11.1. The van der Waals surface area contributed by atoms with Crippen molar-refractivity contribution in [2.24, 2.45) is 0 Å². The topological polar surface area (TPSA) is 60.8 Å². The van der Waals surface area contributed by atoms with Crippen LogP contribution in [0.5, 0.6) is 5.75 Å². The highest BCUT2D eigenvalue weighted by atomic mass is 35.5. The maximum atomic E-state index is 13.7. The molecule has 1 amide bonds. The third-order valence-electron chi connectivity index (χ3n) is 6.68. The number of hydrogen-bond donors (Lipinski definition) is 0. The summed E-state index contributed by atoms with van der Waals surface area (Å²) in [7, 11) is 0. The number of nitrogens with zero attached hydrogens (tertiary/aromatic N) is 2. The van der Waals surface area contributed by atoms with Gasteiger partial charge in [0, 0.05) is 35.5 Å². The molecular formula is C31H35ClN2O4. The van der Waals surface area contributed by atoms with E-state index < -0.39 is 5.60 Å². The van der Waals surface area contributed by atoms with Crippen LogP contribution in [-0.4, -0.2) is 40.4 Å². The lowest BCUT2D eigenvalue weighted by molar-refractivity contribution is 0.00745. The summed E-state index contributed by atoms with van der Waals surface area (Å²) in [6.07, 6.45) is 8.97. The van der Waals surface area contributed by atoms with Gasteiger partial charge in [-0.15, -0.1) is 0 Å². The van der Waals surface area contributed by atoms with Crippen molar-refractivity contribution in [2.45, 2.75) is 71.9 Å². The molecule has 38 heavy (non-hydrogen) atoms. The molecule has 1 aromatic heterocycles. The zero-order valence-corrected chi connectivity index (χ0v) is 23.5. The molecule has 4 rings (SSSR count). The van der Waals surface area contributed by atoms with E-state index in [-0.39, 0.29) is 17.7 Å². The molecule has 0 aliphatic carbocycles. The van der Waals surface area contributed by atoms with Crippen LogP contribution in [0, 0.1) is 26.3 Å². The van der Waals surface area contributed by atoms with E-state index in [1.54, 1.807) is 12.1 Å². The summed E-state index contributed by atoms with van der Waals surface area (Å²) in [5.41, 5.74) is 2.84. The highest BCUT2D eigenvalue weighted by Gasteiger charge is 2.30. The molecule has 1 unspecified atom stereocenters. The number of rotatable bonds is 5. The molecule has 0 spiro atoms. The second-order valence-electron chi connectivity index (χ2n) is 11.0. The van der Waals surface area contributed by atoms with Gasteiger partial charge in [0.05, 0.1) is 17.7 Å². The van der Waals surface area contributed by atoms with Crippen LogP contribution in [0.3, 0.4) is 0 Å². The number of aryl methyl sites for hydroxylation is 2. The first kappa shape index (κ1) is 27.6. The molecule has 0 bridgehead atoms. The van der Waals surface area contributed by atoms with Crippen LogP contribution >= 0.6 is 11.6 Å². The van der Waals surface area contributed by atoms with Gasteiger partial charge in [0.15, 0.2) is 0 Å². The number of hydrogen-bond acceptors (Lipinski definition) is 4. The minimum atomic E-state index is -0.558. The molecule has 7 heteroatoms. The van der Waals surface area contributed by atoms with Crippen LogP contribution in [-0.2, 0) is 4.74 Å². The third-order valence-corrected chi connectivity index (χ3v) is 6.92. The van der Waals surface area contributed by atoms with Crippen molar-refractivity contribution in [3.05, 3.63) is 62.9 Å². The first-order chi connectivity index (χ1) is 18.0. The van der Waals surface area contributed by atoms with Crippen LogP contribution in [0.2, 0.25) is 5.02 Å². The molecule has 2 aromatic carbocycles. The van der Waals surface area contributed by atoms with Gasteiger partial charge in [0.1, 0.15) is 11.4 Å². The Morgan fingerprint density at radius 2 is 1.84 bits per heavy atom. The zero-order valence-electron chi connectivity index (χ0n) is 22.8. The lowest BCUT2D eigenvalue weighted by Gasteiger charge is -2.36. The molecule has 1 atom stereocenters. The first-order valence-corrected chi connectivity index (χ1v) is 13.4.